The number of rotatable bonds is 4. The molecule has 4 aromatic rings. The second kappa shape index (κ2) is 7.24. The lowest BCUT2D eigenvalue weighted by Crippen LogP contribution is -2.13. The summed E-state index contributed by atoms with van der Waals surface area (Å²) >= 11 is 0. The lowest BCUT2D eigenvalue weighted by molar-refractivity contribution is 0.306. The molecule has 1 N–H and O–H groups in total. The Morgan fingerprint density at radius 2 is 1.66 bits per heavy atom. The van der Waals surface area contributed by atoms with Gasteiger partial charge in [0.25, 0.3) is 0 Å². The van der Waals surface area contributed by atoms with Crippen molar-refractivity contribution in [2.45, 2.75) is 39.7 Å². The fraction of sp³-hybridized carbons (Fsp3) is 0.250. The molecule has 0 unspecified atom stereocenters. The molecule has 0 saturated carbocycles. The minimum Gasteiger partial charge on any atom is -0.505 e. The fourth-order valence-electron chi connectivity index (χ4n) is 3.32. The summed E-state index contributed by atoms with van der Waals surface area (Å²) in [6.45, 7) is 8.74. The molecule has 0 saturated heterocycles. The van der Waals surface area contributed by atoms with Gasteiger partial charge in [0, 0.05) is 11.6 Å². The Kier molecular flexibility index (Phi) is 4.74. The molecule has 148 valence electrons. The van der Waals surface area contributed by atoms with Crippen LogP contribution >= 0.6 is 0 Å². The van der Waals surface area contributed by atoms with Crippen LogP contribution in [-0.2, 0) is 12.0 Å². The van der Waals surface area contributed by atoms with E-state index >= 15 is 0 Å². The van der Waals surface area contributed by atoms with Gasteiger partial charge in [0.2, 0.25) is 0 Å². The van der Waals surface area contributed by atoms with E-state index in [0.717, 1.165) is 28.0 Å². The van der Waals surface area contributed by atoms with Crippen molar-refractivity contribution in [3.8, 4) is 17.2 Å². The average Bonchev–Trinajstić information content (AvgIpc) is 3.11. The number of aryl methyl sites for hydroxylation is 1. The highest BCUT2D eigenvalue weighted by Gasteiger charge is 2.22. The maximum absolute atomic E-state index is 10.9. The van der Waals surface area contributed by atoms with E-state index in [2.05, 4.69) is 31.0 Å². The van der Waals surface area contributed by atoms with Gasteiger partial charge in [0.15, 0.2) is 0 Å². The summed E-state index contributed by atoms with van der Waals surface area (Å²) in [6.07, 6.45) is 0. The first-order valence-corrected chi connectivity index (χ1v) is 9.69. The first-order valence-electron chi connectivity index (χ1n) is 9.69. The number of benzene rings is 3. The second-order valence-electron chi connectivity index (χ2n) is 8.34. The van der Waals surface area contributed by atoms with Crippen LogP contribution in [0.15, 0.2) is 60.7 Å². The van der Waals surface area contributed by atoms with Crippen LogP contribution < -0.4 is 4.74 Å². The molecule has 0 aliphatic rings. The molecule has 1 heterocycles. The maximum Gasteiger partial charge on any atom is 0.146 e. The van der Waals surface area contributed by atoms with Crippen molar-refractivity contribution in [1.82, 2.24) is 15.0 Å². The SMILES string of the molecule is Cc1cc(-n2nc3ccc(OCc4ccccc4)cc3n2)c(O)c(C(C)(C)C)c1. The number of fused-ring (bicyclic) bond motifs is 1. The maximum atomic E-state index is 10.9. The minimum atomic E-state index is -0.185. The minimum absolute atomic E-state index is 0.185. The molecule has 29 heavy (non-hydrogen) atoms. The molecule has 4 rings (SSSR count). The largest absolute Gasteiger partial charge is 0.505 e. The van der Waals surface area contributed by atoms with E-state index in [9.17, 15) is 5.11 Å². The molecular weight excluding hydrogens is 362 g/mol. The molecule has 5 heteroatoms. The van der Waals surface area contributed by atoms with Gasteiger partial charge in [-0.1, -0.05) is 57.2 Å². The van der Waals surface area contributed by atoms with E-state index in [4.69, 9.17) is 4.74 Å². The summed E-state index contributed by atoms with van der Waals surface area (Å²) in [5.41, 5.74) is 4.89. The third-order valence-electron chi connectivity index (χ3n) is 4.86. The predicted molar refractivity (Wildman–Crippen MR) is 115 cm³/mol. The molecule has 0 amide bonds. The summed E-state index contributed by atoms with van der Waals surface area (Å²) in [6, 6.07) is 19.6. The van der Waals surface area contributed by atoms with Gasteiger partial charge in [-0.15, -0.1) is 15.0 Å². The Hall–Kier alpha value is -3.34. The smallest absolute Gasteiger partial charge is 0.146 e. The molecule has 5 nitrogen and oxygen atoms in total. The quantitative estimate of drug-likeness (QED) is 0.515. The molecule has 0 aliphatic heterocycles. The standard InChI is InChI=1S/C24H25N3O2/c1-16-12-19(24(2,3)4)23(28)22(13-16)27-25-20-11-10-18(14-21(20)26-27)29-15-17-8-6-5-7-9-17/h5-14,28H,15H2,1-4H3. The van der Waals surface area contributed by atoms with Gasteiger partial charge in [-0.3, -0.25) is 0 Å². The number of aromatic hydroxyl groups is 1. The van der Waals surface area contributed by atoms with Crippen molar-refractivity contribution in [2.75, 3.05) is 0 Å². The van der Waals surface area contributed by atoms with Crippen molar-refractivity contribution in [2.24, 2.45) is 0 Å². The topological polar surface area (TPSA) is 60.2 Å². The first kappa shape index (κ1) is 19.0. The summed E-state index contributed by atoms with van der Waals surface area (Å²) < 4.78 is 5.90. The van der Waals surface area contributed by atoms with E-state index < -0.39 is 0 Å². The van der Waals surface area contributed by atoms with Crippen LogP contribution in [0.4, 0.5) is 0 Å². The van der Waals surface area contributed by atoms with Crippen LogP contribution in [0.25, 0.3) is 16.7 Å². The highest BCUT2D eigenvalue weighted by molar-refractivity contribution is 5.76. The number of phenolic OH excluding ortho intramolecular Hbond substituents is 1. The third-order valence-corrected chi connectivity index (χ3v) is 4.86. The van der Waals surface area contributed by atoms with Crippen molar-refractivity contribution in [3.05, 3.63) is 77.4 Å². The van der Waals surface area contributed by atoms with Crippen LogP contribution in [0.3, 0.4) is 0 Å². The molecule has 1 aromatic heterocycles. The zero-order valence-corrected chi connectivity index (χ0v) is 17.2. The van der Waals surface area contributed by atoms with Crippen LogP contribution in [0.5, 0.6) is 11.5 Å². The molecule has 0 bridgehead atoms. The van der Waals surface area contributed by atoms with Gasteiger partial charge in [0.05, 0.1) is 0 Å². The zero-order valence-electron chi connectivity index (χ0n) is 17.2. The summed E-state index contributed by atoms with van der Waals surface area (Å²) in [5, 5.41) is 20.0. The number of hydrogen-bond acceptors (Lipinski definition) is 4. The molecule has 0 fully saturated rings. The number of hydrogen-bond donors (Lipinski definition) is 1. The van der Waals surface area contributed by atoms with Crippen LogP contribution in [0.2, 0.25) is 0 Å². The van der Waals surface area contributed by atoms with Gasteiger partial charge in [-0.05, 0) is 41.7 Å². The Morgan fingerprint density at radius 3 is 2.38 bits per heavy atom. The molecular formula is C24H25N3O2. The summed E-state index contributed by atoms with van der Waals surface area (Å²) in [5.74, 6) is 0.946. The number of phenols is 1. The predicted octanol–water partition coefficient (Wildman–Crippen LogP) is 5.31. The molecule has 0 aliphatic carbocycles. The van der Waals surface area contributed by atoms with Crippen molar-refractivity contribution < 1.29 is 9.84 Å². The Balaban J connectivity index is 1.67. The van der Waals surface area contributed by atoms with E-state index in [-0.39, 0.29) is 11.2 Å². The van der Waals surface area contributed by atoms with Gasteiger partial charge >= 0.3 is 0 Å². The molecule has 3 aromatic carbocycles. The van der Waals surface area contributed by atoms with Crippen molar-refractivity contribution in [1.29, 1.82) is 0 Å². The lowest BCUT2D eigenvalue weighted by atomic mass is 9.85. The third kappa shape index (κ3) is 3.94. The number of aromatic nitrogens is 3. The van der Waals surface area contributed by atoms with Gasteiger partial charge < -0.3 is 9.84 Å². The Bertz CT molecular complexity index is 1160. The van der Waals surface area contributed by atoms with Crippen LogP contribution in [-0.4, -0.2) is 20.1 Å². The summed E-state index contributed by atoms with van der Waals surface area (Å²) in [4.78, 5) is 1.50. The van der Waals surface area contributed by atoms with Crippen molar-refractivity contribution in [3.63, 3.8) is 0 Å². The monoisotopic (exact) mass is 387 g/mol. The number of nitrogens with zero attached hydrogens (tertiary/aromatic N) is 3. The average molecular weight is 387 g/mol. The zero-order chi connectivity index (χ0) is 20.6. The Morgan fingerprint density at radius 1 is 0.931 bits per heavy atom. The fourth-order valence-corrected chi connectivity index (χ4v) is 3.32. The molecule has 0 radical (unpaired) electrons. The summed E-state index contributed by atoms with van der Waals surface area (Å²) in [7, 11) is 0. The first-order chi connectivity index (χ1) is 13.8. The van der Waals surface area contributed by atoms with E-state index in [1.165, 1.54) is 4.80 Å². The van der Waals surface area contributed by atoms with E-state index in [1.54, 1.807) is 0 Å². The second-order valence-corrected chi connectivity index (χ2v) is 8.34. The van der Waals surface area contributed by atoms with Gasteiger partial charge in [-0.25, -0.2) is 0 Å². The highest BCUT2D eigenvalue weighted by Crippen LogP contribution is 2.36. The van der Waals surface area contributed by atoms with Crippen LogP contribution in [0.1, 0.15) is 37.5 Å². The van der Waals surface area contributed by atoms with Gasteiger partial charge in [0.1, 0.15) is 34.8 Å². The van der Waals surface area contributed by atoms with E-state index in [1.807, 2.05) is 67.6 Å². The van der Waals surface area contributed by atoms with E-state index in [0.29, 0.717) is 17.8 Å². The van der Waals surface area contributed by atoms with Crippen molar-refractivity contribution >= 4 is 11.0 Å². The normalized spacial score (nSPS) is 11.7. The number of ether oxygens (including phenoxy) is 1. The highest BCUT2D eigenvalue weighted by atomic mass is 16.5. The lowest BCUT2D eigenvalue weighted by Gasteiger charge is -2.22. The Labute approximate surface area is 170 Å². The molecule has 0 atom stereocenters. The molecule has 0 spiro atoms. The van der Waals surface area contributed by atoms with Gasteiger partial charge in [-0.2, -0.15) is 0 Å². The van der Waals surface area contributed by atoms with Crippen LogP contribution in [0, 0.1) is 6.92 Å².